The average Bonchev–Trinajstić information content (AvgIpc) is 3.16. The molecule has 0 saturated heterocycles. The van der Waals surface area contributed by atoms with E-state index in [-0.39, 0.29) is 5.54 Å². The zero-order chi connectivity index (χ0) is 14.3. The molecule has 3 nitrogen and oxygen atoms in total. The molecular weight excluding hydrogens is 280 g/mol. The van der Waals surface area contributed by atoms with Crippen LogP contribution in [0.3, 0.4) is 0 Å². The Bertz CT molecular complexity index is 636. The minimum Gasteiger partial charge on any atom is -0.497 e. The van der Waals surface area contributed by atoms with Crippen LogP contribution in [0.15, 0.2) is 29.8 Å². The largest absolute Gasteiger partial charge is 0.497 e. The third kappa shape index (κ3) is 2.27. The molecule has 1 unspecified atom stereocenters. The molecule has 2 aliphatic carbocycles. The molecule has 21 heavy (non-hydrogen) atoms. The van der Waals surface area contributed by atoms with Gasteiger partial charge in [0.15, 0.2) is 0 Å². The molecule has 0 bridgehead atoms. The quantitative estimate of drug-likeness (QED) is 0.938. The maximum absolute atomic E-state index is 5.47. The van der Waals surface area contributed by atoms with Gasteiger partial charge in [0.25, 0.3) is 0 Å². The Morgan fingerprint density at radius 1 is 1.38 bits per heavy atom. The second kappa shape index (κ2) is 5.11. The highest BCUT2D eigenvalue weighted by molar-refractivity contribution is 7.09. The van der Waals surface area contributed by atoms with Crippen molar-refractivity contribution in [2.24, 2.45) is 0 Å². The van der Waals surface area contributed by atoms with Crippen LogP contribution in [0.25, 0.3) is 0 Å². The van der Waals surface area contributed by atoms with Gasteiger partial charge in [-0.25, -0.2) is 4.98 Å². The number of benzene rings is 1. The second-order valence-corrected chi connectivity index (χ2v) is 6.93. The first kappa shape index (κ1) is 13.3. The maximum Gasteiger partial charge on any atom is 0.119 e. The molecule has 0 radical (unpaired) electrons. The summed E-state index contributed by atoms with van der Waals surface area (Å²) in [6.45, 7) is 0. The van der Waals surface area contributed by atoms with Gasteiger partial charge < -0.3 is 4.74 Å². The number of aromatic nitrogens is 1. The van der Waals surface area contributed by atoms with Crippen molar-refractivity contribution in [2.75, 3.05) is 7.11 Å². The Balaban J connectivity index is 1.87. The van der Waals surface area contributed by atoms with Crippen molar-refractivity contribution in [1.82, 2.24) is 10.3 Å². The van der Waals surface area contributed by atoms with Gasteiger partial charge in [-0.05, 0) is 55.4 Å². The van der Waals surface area contributed by atoms with Crippen LogP contribution >= 0.6 is 11.3 Å². The normalized spacial score (nSPS) is 24.6. The molecule has 1 heterocycles. The number of hydrogen-bond donors (Lipinski definition) is 1. The standard InChI is InChI=1S/C17H20N2OS/c1-20-14-7-4-12-3-2-8-17(15(12)11-14,19-13-5-6-13)16-18-9-10-21-16/h4,7,9-11,13,19H,2-3,5-6,8H2,1H3. The van der Waals surface area contributed by atoms with E-state index in [9.17, 15) is 0 Å². The molecule has 1 atom stereocenters. The monoisotopic (exact) mass is 300 g/mol. The maximum atomic E-state index is 5.47. The minimum atomic E-state index is -0.114. The van der Waals surface area contributed by atoms with Crippen LogP contribution in [0.4, 0.5) is 0 Å². The summed E-state index contributed by atoms with van der Waals surface area (Å²) in [5, 5.41) is 7.19. The zero-order valence-electron chi connectivity index (χ0n) is 12.3. The van der Waals surface area contributed by atoms with Crippen LogP contribution in [0.1, 0.15) is 41.8 Å². The lowest BCUT2D eigenvalue weighted by atomic mass is 9.76. The van der Waals surface area contributed by atoms with E-state index >= 15 is 0 Å². The van der Waals surface area contributed by atoms with Gasteiger partial charge in [-0.3, -0.25) is 5.32 Å². The molecule has 4 rings (SSSR count). The SMILES string of the molecule is COc1ccc2c(c1)C(NC1CC1)(c1nccs1)CCC2. The zero-order valence-corrected chi connectivity index (χ0v) is 13.1. The van der Waals surface area contributed by atoms with Gasteiger partial charge in [-0.15, -0.1) is 11.3 Å². The topological polar surface area (TPSA) is 34.1 Å². The summed E-state index contributed by atoms with van der Waals surface area (Å²) in [5.74, 6) is 0.939. The van der Waals surface area contributed by atoms with Gasteiger partial charge >= 0.3 is 0 Å². The summed E-state index contributed by atoms with van der Waals surface area (Å²) in [7, 11) is 1.74. The van der Waals surface area contributed by atoms with Crippen LogP contribution in [0.5, 0.6) is 5.75 Å². The molecule has 0 amide bonds. The van der Waals surface area contributed by atoms with E-state index < -0.39 is 0 Å². The van der Waals surface area contributed by atoms with Gasteiger partial charge in [0, 0.05) is 17.6 Å². The minimum absolute atomic E-state index is 0.114. The number of aryl methyl sites for hydroxylation is 1. The van der Waals surface area contributed by atoms with E-state index in [1.54, 1.807) is 18.4 Å². The van der Waals surface area contributed by atoms with E-state index in [0.717, 1.165) is 18.6 Å². The molecule has 1 fully saturated rings. The van der Waals surface area contributed by atoms with Crippen molar-refractivity contribution in [2.45, 2.75) is 43.7 Å². The fraction of sp³-hybridized carbons (Fsp3) is 0.471. The summed E-state index contributed by atoms with van der Waals surface area (Å²) >= 11 is 1.76. The van der Waals surface area contributed by atoms with Gasteiger partial charge in [-0.1, -0.05) is 6.07 Å². The summed E-state index contributed by atoms with van der Waals surface area (Å²) < 4.78 is 5.47. The molecule has 1 aromatic carbocycles. The Kier molecular flexibility index (Phi) is 3.23. The number of thiazole rings is 1. The number of hydrogen-bond acceptors (Lipinski definition) is 4. The first-order chi connectivity index (χ1) is 10.3. The highest BCUT2D eigenvalue weighted by atomic mass is 32.1. The molecule has 2 aliphatic rings. The first-order valence-corrected chi connectivity index (χ1v) is 8.55. The third-order valence-electron chi connectivity index (χ3n) is 4.60. The number of ether oxygens (including phenoxy) is 1. The van der Waals surface area contributed by atoms with E-state index in [4.69, 9.17) is 4.74 Å². The number of methoxy groups -OCH3 is 1. The van der Waals surface area contributed by atoms with Crippen molar-refractivity contribution in [3.63, 3.8) is 0 Å². The highest BCUT2D eigenvalue weighted by Crippen LogP contribution is 2.44. The molecule has 0 spiro atoms. The van der Waals surface area contributed by atoms with Gasteiger partial charge in [0.05, 0.1) is 12.6 Å². The summed E-state index contributed by atoms with van der Waals surface area (Å²) in [6.07, 6.45) is 7.97. The molecule has 4 heteroatoms. The average molecular weight is 300 g/mol. The van der Waals surface area contributed by atoms with Crippen LogP contribution in [-0.4, -0.2) is 18.1 Å². The predicted octanol–water partition coefficient (Wildman–Crippen LogP) is 3.48. The van der Waals surface area contributed by atoms with Crippen molar-refractivity contribution >= 4 is 11.3 Å². The third-order valence-corrected chi connectivity index (χ3v) is 5.53. The molecule has 1 N–H and O–H groups in total. The smallest absolute Gasteiger partial charge is 0.119 e. The van der Waals surface area contributed by atoms with Crippen LogP contribution in [0, 0.1) is 0 Å². The Morgan fingerprint density at radius 2 is 2.29 bits per heavy atom. The number of nitrogens with zero attached hydrogens (tertiary/aromatic N) is 1. The molecule has 2 aromatic rings. The number of nitrogens with one attached hydrogen (secondary N) is 1. The van der Waals surface area contributed by atoms with E-state index in [1.807, 2.05) is 6.20 Å². The van der Waals surface area contributed by atoms with Crippen molar-refractivity contribution in [3.05, 3.63) is 45.9 Å². The Morgan fingerprint density at radius 3 is 3.00 bits per heavy atom. The summed E-state index contributed by atoms with van der Waals surface area (Å²) in [5.41, 5.74) is 2.69. The fourth-order valence-electron chi connectivity index (χ4n) is 3.42. The Labute approximate surface area is 129 Å². The van der Waals surface area contributed by atoms with Gasteiger partial charge in [0.2, 0.25) is 0 Å². The van der Waals surface area contributed by atoms with Gasteiger partial charge in [-0.2, -0.15) is 0 Å². The van der Waals surface area contributed by atoms with Crippen LogP contribution < -0.4 is 10.1 Å². The summed E-state index contributed by atoms with van der Waals surface area (Å²) in [4.78, 5) is 4.66. The van der Waals surface area contributed by atoms with Gasteiger partial charge in [0.1, 0.15) is 10.8 Å². The summed E-state index contributed by atoms with van der Waals surface area (Å²) in [6, 6.07) is 7.16. The number of rotatable bonds is 4. The van der Waals surface area contributed by atoms with E-state index in [1.165, 1.54) is 35.4 Å². The highest BCUT2D eigenvalue weighted by Gasteiger charge is 2.43. The molecule has 1 saturated carbocycles. The van der Waals surface area contributed by atoms with Crippen LogP contribution in [0.2, 0.25) is 0 Å². The van der Waals surface area contributed by atoms with Crippen LogP contribution in [-0.2, 0) is 12.0 Å². The molecule has 0 aliphatic heterocycles. The van der Waals surface area contributed by atoms with Crippen molar-refractivity contribution in [3.8, 4) is 5.75 Å². The van der Waals surface area contributed by atoms with E-state index in [2.05, 4.69) is 33.9 Å². The lowest BCUT2D eigenvalue weighted by Crippen LogP contribution is -2.47. The predicted molar refractivity (Wildman–Crippen MR) is 85.0 cm³/mol. The molecule has 1 aromatic heterocycles. The number of fused-ring (bicyclic) bond motifs is 1. The van der Waals surface area contributed by atoms with Crippen molar-refractivity contribution in [1.29, 1.82) is 0 Å². The van der Waals surface area contributed by atoms with E-state index in [0.29, 0.717) is 6.04 Å². The molecule has 110 valence electrons. The second-order valence-electron chi connectivity index (χ2n) is 6.04. The lowest BCUT2D eigenvalue weighted by molar-refractivity contribution is 0.335. The van der Waals surface area contributed by atoms with Crippen molar-refractivity contribution < 1.29 is 4.74 Å². The lowest BCUT2D eigenvalue weighted by Gasteiger charge is -2.39. The first-order valence-electron chi connectivity index (χ1n) is 7.67. The Hall–Kier alpha value is -1.39. The molecular formula is C17H20N2OS. The fourth-order valence-corrected chi connectivity index (χ4v) is 4.27.